The molecular weight excluding hydrogens is 346 g/mol. The van der Waals surface area contributed by atoms with Crippen LogP contribution in [-0.4, -0.2) is 23.7 Å². The summed E-state index contributed by atoms with van der Waals surface area (Å²) in [4.78, 5) is 21.9. The molecule has 0 unspecified atom stereocenters. The highest BCUT2D eigenvalue weighted by Crippen LogP contribution is 2.24. The number of hydrogen-bond acceptors (Lipinski definition) is 5. The summed E-state index contributed by atoms with van der Waals surface area (Å²) < 4.78 is 5.38. The van der Waals surface area contributed by atoms with Gasteiger partial charge in [-0.1, -0.05) is 23.7 Å². The Hall–Kier alpha value is -2.93. The van der Waals surface area contributed by atoms with Crippen molar-refractivity contribution in [3.05, 3.63) is 68.2 Å². The maximum Gasteiger partial charge on any atom is 0.288 e. The standard InChI is InChI=1S/C17H16ClN3O4/c1-11-3-5-14(7-12(11)2)25-10-17(22)20-19-9-13-4-6-15(18)16(8-13)21(23)24/h3-9H,10H2,1-2H3,(H,20,22)/b19-9+. The average molecular weight is 362 g/mol. The van der Waals surface area contributed by atoms with Gasteiger partial charge in [0.25, 0.3) is 11.6 Å². The maximum absolute atomic E-state index is 11.7. The van der Waals surface area contributed by atoms with Crippen molar-refractivity contribution >= 4 is 29.4 Å². The summed E-state index contributed by atoms with van der Waals surface area (Å²) in [6, 6.07) is 9.75. The quantitative estimate of drug-likeness (QED) is 0.484. The number of nitrogens with one attached hydrogen (secondary N) is 1. The van der Waals surface area contributed by atoms with E-state index in [1.54, 1.807) is 12.1 Å². The Morgan fingerprint density at radius 1 is 1.28 bits per heavy atom. The van der Waals surface area contributed by atoms with E-state index < -0.39 is 10.8 Å². The van der Waals surface area contributed by atoms with Crippen molar-refractivity contribution in [3.8, 4) is 5.75 Å². The summed E-state index contributed by atoms with van der Waals surface area (Å²) in [6.07, 6.45) is 1.29. The monoisotopic (exact) mass is 361 g/mol. The van der Waals surface area contributed by atoms with E-state index in [1.807, 2.05) is 26.0 Å². The van der Waals surface area contributed by atoms with E-state index in [2.05, 4.69) is 10.5 Å². The number of amides is 1. The van der Waals surface area contributed by atoms with E-state index in [1.165, 1.54) is 18.3 Å². The second kappa shape index (κ2) is 8.25. The normalized spacial score (nSPS) is 10.7. The number of hydrazone groups is 1. The summed E-state index contributed by atoms with van der Waals surface area (Å²) in [5.74, 6) is 0.147. The number of carbonyl (C=O) groups excluding carboxylic acids is 1. The lowest BCUT2D eigenvalue weighted by Crippen LogP contribution is -2.24. The van der Waals surface area contributed by atoms with Gasteiger partial charge in [-0.05, 0) is 43.2 Å². The van der Waals surface area contributed by atoms with Crippen LogP contribution in [0.3, 0.4) is 0 Å². The van der Waals surface area contributed by atoms with Gasteiger partial charge in [-0.15, -0.1) is 0 Å². The van der Waals surface area contributed by atoms with E-state index in [0.717, 1.165) is 11.1 Å². The van der Waals surface area contributed by atoms with Crippen LogP contribution in [0.2, 0.25) is 5.02 Å². The lowest BCUT2D eigenvalue weighted by molar-refractivity contribution is -0.384. The zero-order valence-corrected chi connectivity index (χ0v) is 14.4. The van der Waals surface area contributed by atoms with Gasteiger partial charge in [0.2, 0.25) is 0 Å². The number of benzene rings is 2. The second-order valence-corrected chi connectivity index (χ2v) is 5.70. The summed E-state index contributed by atoms with van der Waals surface area (Å²) in [5, 5.41) is 14.6. The van der Waals surface area contributed by atoms with Gasteiger partial charge < -0.3 is 4.74 Å². The predicted octanol–water partition coefficient (Wildman–Crippen LogP) is 3.39. The number of rotatable bonds is 6. The van der Waals surface area contributed by atoms with Gasteiger partial charge in [-0.3, -0.25) is 14.9 Å². The number of halogens is 1. The molecule has 0 aliphatic carbocycles. The SMILES string of the molecule is Cc1ccc(OCC(=O)N/N=C/c2ccc(Cl)c([N+](=O)[O-])c2)cc1C. The Morgan fingerprint density at radius 3 is 2.72 bits per heavy atom. The third-order valence-corrected chi connectivity index (χ3v) is 3.74. The molecule has 25 heavy (non-hydrogen) atoms. The van der Waals surface area contributed by atoms with E-state index in [0.29, 0.717) is 11.3 Å². The van der Waals surface area contributed by atoms with Crippen molar-refractivity contribution in [1.29, 1.82) is 0 Å². The largest absolute Gasteiger partial charge is 0.484 e. The fourth-order valence-electron chi connectivity index (χ4n) is 1.91. The van der Waals surface area contributed by atoms with E-state index in [-0.39, 0.29) is 17.3 Å². The minimum atomic E-state index is -0.588. The number of carbonyl (C=O) groups is 1. The van der Waals surface area contributed by atoms with Crippen molar-refractivity contribution in [2.75, 3.05) is 6.61 Å². The Kier molecular flexibility index (Phi) is 6.08. The van der Waals surface area contributed by atoms with Crippen LogP contribution >= 0.6 is 11.6 Å². The van der Waals surface area contributed by atoms with Gasteiger partial charge in [0.1, 0.15) is 10.8 Å². The van der Waals surface area contributed by atoms with Gasteiger partial charge in [-0.2, -0.15) is 5.10 Å². The molecule has 0 radical (unpaired) electrons. The van der Waals surface area contributed by atoms with E-state index >= 15 is 0 Å². The van der Waals surface area contributed by atoms with Gasteiger partial charge >= 0.3 is 0 Å². The van der Waals surface area contributed by atoms with Gasteiger partial charge in [0.05, 0.1) is 11.1 Å². The second-order valence-electron chi connectivity index (χ2n) is 5.30. The first-order valence-corrected chi connectivity index (χ1v) is 7.70. The van der Waals surface area contributed by atoms with Crippen LogP contribution < -0.4 is 10.2 Å². The summed E-state index contributed by atoms with van der Waals surface area (Å²) in [6.45, 7) is 3.75. The number of nitro benzene ring substituents is 1. The van der Waals surface area contributed by atoms with Gasteiger partial charge in [-0.25, -0.2) is 5.43 Å². The highest BCUT2D eigenvalue weighted by molar-refractivity contribution is 6.32. The number of nitrogens with zero attached hydrogens (tertiary/aromatic N) is 2. The predicted molar refractivity (Wildman–Crippen MR) is 95.3 cm³/mol. The molecule has 0 atom stereocenters. The molecule has 130 valence electrons. The lowest BCUT2D eigenvalue weighted by Gasteiger charge is -2.07. The molecule has 2 rings (SSSR count). The molecule has 1 N–H and O–H groups in total. The topological polar surface area (TPSA) is 93.8 Å². The number of ether oxygens (including phenoxy) is 1. The highest BCUT2D eigenvalue weighted by Gasteiger charge is 2.11. The molecular formula is C17H16ClN3O4. The van der Waals surface area contributed by atoms with Crippen LogP contribution in [0.25, 0.3) is 0 Å². The summed E-state index contributed by atoms with van der Waals surface area (Å²) in [7, 11) is 0. The van der Waals surface area contributed by atoms with Gasteiger partial charge in [0.15, 0.2) is 6.61 Å². The first-order valence-electron chi connectivity index (χ1n) is 7.32. The Balaban J connectivity index is 1.89. The maximum atomic E-state index is 11.7. The third kappa shape index (κ3) is 5.29. The molecule has 2 aromatic rings. The third-order valence-electron chi connectivity index (χ3n) is 3.42. The van der Waals surface area contributed by atoms with Crippen LogP contribution in [-0.2, 0) is 4.79 Å². The zero-order valence-electron chi connectivity index (χ0n) is 13.7. The molecule has 0 aromatic heterocycles. The summed E-state index contributed by atoms with van der Waals surface area (Å²) in [5.41, 5.74) is 4.71. The molecule has 2 aromatic carbocycles. The zero-order chi connectivity index (χ0) is 18.4. The van der Waals surface area contributed by atoms with Crippen LogP contribution in [0.4, 0.5) is 5.69 Å². The first kappa shape index (κ1) is 18.4. The van der Waals surface area contributed by atoms with Crippen LogP contribution in [0.1, 0.15) is 16.7 Å². The van der Waals surface area contributed by atoms with Crippen molar-refractivity contribution in [2.45, 2.75) is 13.8 Å². The van der Waals surface area contributed by atoms with Crippen molar-refractivity contribution in [1.82, 2.24) is 5.43 Å². The molecule has 0 aliphatic rings. The molecule has 0 bridgehead atoms. The molecule has 0 saturated heterocycles. The molecule has 1 amide bonds. The Morgan fingerprint density at radius 2 is 2.04 bits per heavy atom. The van der Waals surface area contributed by atoms with E-state index in [9.17, 15) is 14.9 Å². The molecule has 0 saturated carbocycles. The van der Waals surface area contributed by atoms with Crippen molar-refractivity contribution in [3.63, 3.8) is 0 Å². The minimum absolute atomic E-state index is 0.0352. The minimum Gasteiger partial charge on any atom is -0.484 e. The Labute approximate surface area is 149 Å². The fourth-order valence-corrected chi connectivity index (χ4v) is 2.10. The molecule has 8 heteroatoms. The highest BCUT2D eigenvalue weighted by atomic mass is 35.5. The molecule has 0 heterocycles. The average Bonchev–Trinajstić information content (AvgIpc) is 2.57. The van der Waals surface area contributed by atoms with E-state index in [4.69, 9.17) is 16.3 Å². The number of hydrogen-bond donors (Lipinski definition) is 1. The van der Waals surface area contributed by atoms with Crippen molar-refractivity contribution in [2.24, 2.45) is 5.10 Å². The number of nitro groups is 1. The van der Waals surface area contributed by atoms with Crippen LogP contribution in [0, 0.1) is 24.0 Å². The van der Waals surface area contributed by atoms with Crippen LogP contribution in [0.5, 0.6) is 5.75 Å². The smallest absolute Gasteiger partial charge is 0.288 e. The Bertz CT molecular complexity index is 837. The number of aryl methyl sites for hydroxylation is 2. The molecule has 0 aliphatic heterocycles. The molecule has 7 nitrogen and oxygen atoms in total. The first-order chi connectivity index (χ1) is 11.9. The summed E-state index contributed by atoms with van der Waals surface area (Å²) >= 11 is 5.72. The fraction of sp³-hybridized carbons (Fsp3) is 0.176. The van der Waals surface area contributed by atoms with Crippen molar-refractivity contribution < 1.29 is 14.5 Å². The molecule has 0 spiro atoms. The van der Waals surface area contributed by atoms with Crippen LogP contribution in [0.15, 0.2) is 41.5 Å². The lowest BCUT2D eigenvalue weighted by atomic mass is 10.1. The molecule has 0 fully saturated rings. The van der Waals surface area contributed by atoms with Gasteiger partial charge in [0, 0.05) is 11.6 Å².